The Kier molecular flexibility index (Phi) is 7.42. The van der Waals surface area contributed by atoms with Gasteiger partial charge in [0.2, 0.25) is 0 Å². The smallest absolute Gasteiger partial charge is 0.293 e. The Balaban J connectivity index is 1.68. The average Bonchev–Trinajstić information content (AvgIpc) is 2.76. The minimum Gasteiger partial charge on any atom is -0.456 e. The van der Waals surface area contributed by atoms with Crippen LogP contribution in [0.5, 0.6) is 0 Å². The van der Waals surface area contributed by atoms with Gasteiger partial charge in [0, 0.05) is 31.8 Å². The predicted octanol–water partition coefficient (Wildman–Crippen LogP) is 5.62. The number of benzene rings is 1. The summed E-state index contributed by atoms with van der Waals surface area (Å²) < 4.78 is 11.3. The zero-order valence-electron chi connectivity index (χ0n) is 19.4. The van der Waals surface area contributed by atoms with Gasteiger partial charge in [0.15, 0.2) is 0 Å². The summed E-state index contributed by atoms with van der Waals surface area (Å²) in [5, 5.41) is 3.93. The van der Waals surface area contributed by atoms with Crippen molar-refractivity contribution in [2.75, 3.05) is 30.0 Å². The van der Waals surface area contributed by atoms with Crippen molar-refractivity contribution < 1.29 is 14.3 Å². The van der Waals surface area contributed by atoms with E-state index < -0.39 is 5.60 Å². The largest absolute Gasteiger partial charge is 0.456 e. The first-order valence-corrected chi connectivity index (χ1v) is 12.5. The van der Waals surface area contributed by atoms with Crippen molar-refractivity contribution in [1.82, 2.24) is 0 Å². The molecule has 3 aliphatic rings. The van der Waals surface area contributed by atoms with Crippen molar-refractivity contribution in [3.63, 3.8) is 0 Å². The standard InChI is InChI=1S/C26H40N2O3/c1-20(2)18-28(23-11-15-30-16-12-23)25-10-9-21(26(31-19-29)13-6-14-26)17-24(25)27-22-7-4-3-5-8-22/h9-10,17,19-20,22-23,27H,3-8,11-16,18H2,1-2H3. The molecular weight excluding hydrogens is 388 g/mol. The molecule has 0 amide bonds. The van der Waals surface area contributed by atoms with Crippen molar-refractivity contribution in [3.05, 3.63) is 23.8 Å². The van der Waals surface area contributed by atoms with Gasteiger partial charge in [-0.05, 0) is 68.6 Å². The second-order valence-electron chi connectivity index (χ2n) is 10.2. The van der Waals surface area contributed by atoms with E-state index in [2.05, 4.69) is 42.3 Å². The Morgan fingerprint density at radius 2 is 1.87 bits per heavy atom. The second kappa shape index (κ2) is 10.2. The van der Waals surface area contributed by atoms with Crippen LogP contribution >= 0.6 is 0 Å². The highest BCUT2D eigenvalue weighted by Crippen LogP contribution is 2.46. The monoisotopic (exact) mass is 428 g/mol. The summed E-state index contributed by atoms with van der Waals surface area (Å²) in [4.78, 5) is 13.9. The van der Waals surface area contributed by atoms with Gasteiger partial charge in [0.25, 0.3) is 6.47 Å². The fourth-order valence-corrected chi connectivity index (χ4v) is 5.55. The number of anilines is 2. The molecule has 1 saturated heterocycles. The van der Waals surface area contributed by atoms with Gasteiger partial charge in [-0.15, -0.1) is 0 Å². The third-order valence-electron chi connectivity index (χ3n) is 7.43. The van der Waals surface area contributed by atoms with E-state index in [9.17, 15) is 4.79 Å². The lowest BCUT2D eigenvalue weighted by Crippen LogP contribution is -2.42. The van der Waals surface area contributed by atoms with Gasteiger partial charge in [-0.2, -0.15) is 0 Å². The van der Waals surface area contributed by atoms with Gasteiger partial charge in [-0.1, -0.05) is 39.2 Å². The Bertz CT molecular complexity index is 719. The lowest BCUT2D eigenvalue weighted by atomic mass is 9.74. The van der Waals surface area contributed by atoms with Gasteiger partial charge in [0.1, 0.15) is 5.60 Å². The van der Waals surface area contributed by atoms with Crippen LogP contribution in [0.2, 0.25) is 0 Å². The van der Waals surface area contributed by atoms with E-state index in [1.165, 1.54) is 43.5 Å². The van der Waals surface area contributed by atoms with Crippen molar-refractivity contribution in [2.24, 2.45) is 5.92 Å². The summed E-state index contributed by atoms with van der Waals surface area (Å²) in [6.45, 7) is 7.97. The van der Waals surface area contributed by atoms with Crippen molar-refractivity contribution in [2.45, 2.75) is 95.7 Å². The third kappa shape index (κ3) is 5.19. The van der Waals surface area contributed by atoms with Crippen molar-refractivity contribution in [3.8, 4) is 0 Å². The van der Waals surface area contributed by atoms with Crippen molar-refractivity contribution >= 4 is 17.8 Å². The quantitative estimate of drug-likeness (QED) is 0.517. The maximum Gasteiger partial charge on any atom is 0.293 e. The number of hydrogen-bond donors (Lipinski definition) is 1. The summed E-state index contributed by atoms with van der Waals surface area (Å²) >= 11 is 0. The zero-order chi connectivity index (χ0) is 21.7. The van der Waals surface area contributed by atoms with Crippen LogP contribution in [0.25, 0.3) is 0 Å². The van der Waals surface area contributed by atoms with E-state index >= 15 is 0 Å². The number of carbonyl (C=O) groups is 1. The Morgan fingerprint density at radius 1 is 1.13 bits per heavy atom. The van der Waals surface area contributed by atoms with Gasteiger partial charge >= 0.3 is 0 Å². The molecule has 3 fully saturated rings. The summed E-state index contributed by atoms with van der Waals surface area (Å²) in [6, 6.07) is 7.82. The summed E-state index contributed by atoms with van der Waals surface area (Å²) in [5.41, 5.74) is 3.24. The summed E-state index contributed by atoms with van der Waals surface area (Å²) in [6.07, 6.45) is 11.5. The molecule has 0 spiro atoms. The highest BCUT2D eigenvalue weighted by Gasteiger charge is 2.41. The molecule has 5 nitrogen and oxygen atoms in total. The minimum atomic E-state index is -0.426. The molecule has 0 bridgehead atoms. The molecule has 4 rings (SSSR count). The normalized spacial score (nSPS) is 22.0. The first-order chi connectivity index (χ1) is 15.1. The van der Waals surface area contributed by atoms with E-state index in [0.29, 0.717) is 24.5 Å². The van der Waals surface area contributed by atoms with Crippen LogP contribution in [0, 0.1) is 5.92 Å². The predicted molar refractivity (Wildman–Crippen MR) is 126 cm³/mol. The first kappa shape index (κ1) is 22.4. The van der Waals surface area contributed by atoms with Crippen LogP contribution in [-0.4, -0.2) is 38.3 Å². The molecule has 1 aliphatic heterocycles. The molecule has 1 aromatic carbocycles. The number of nitrogens with one attached hydrogen (secondary N) is 1. The Hall–Kier alpha value is -1.75. The molecule has 172 valence electrons. The molecule has 0 aromatic heterocycles. The highest BCUT2D eigenvalue weighted by molar-refractivity contribution is 5.72. The van der Waals surface area contributed by atoms with Crippen LogP contribution in [0.3, 0.4) is 0 Å². The number of ether oxygens (including phenoxy) is 2. The molecule has 1 aromatic rings. The number of hydrogen-bond acceptors (Lipinski definition) is 5. The molecule has 0 unspecified atom stereocenters. The molecule has 1 heterocycles. The van der Waals surface area contributed by atoms with E-state index in [1.54, 1.807) is 0 Å². The molecule has 31 heavy (non-hydrogen) atoms. The van der Waals surface area contributed by atoms with Crippen LogP contribution in [0.4, 0.5) is 11.4 Å². The second-order valence-corrected chi connectivity index (χ2v) is 10.2. The number of rotatable bonds is 9. The van der Waals surface area contributed by atoms with Gasteiger partial charge in [-0.3, -0.25) is 4.79 Å². The van der Waals surface area contributed by atoms with E-state index in [1.807, 2.05) is 0 Å². The van der Waals surface area contributed by atoms with Gasteiger partial charge < -0.3 is 19.7 Å². The van der Waals surface area contributed by atoms with Gasteiger partial charge in [0.05, 0.1) is 11.4 Å². The molecule has 0 radical (unpaired) electrons. The molecule has 1 N–H and O–H groups in total. The molecular formula is C26H40N2O3. The van der Waals surface area contributed by atoms with Crippen LogP contribution in [-0.2, 0) is 19.9 Å². The van der Waals surface area contributed by atoms with Crippen LogP contribution in [0.15, 0.2) is 18.2 Å². The Morgan fingerprint density at radius 3 is 2.48 bits per heavy atom. The third-order valence-corrected chi connectivity index (χ3v) is 7.43. The molecule has 2 saturated carbocycles. The summed E-state index contributed by atoms with van der Waals surface area (Å²) in [5.74, 6) is 0.585. The van der Waals surface area contributed by atoms with E-state index in [0.717, 1.165) is 57.4 Å². The first-order valence-electron chi connectivity index (χ1n) is 12.5. The molecule has 0 atom stereocenters. The van der Waals surface area contributed by atoms with E-state index in [-0.39, 0.29) is 0 Å². The molecule has 5 heteroatoms. The lowest BCUT2D eigenvalue weighted by Gasteiger charge is -2.42. The maximum absolute atomic E-state index is 11.2. The lowest BCUT2D eigenvalue weighted by molar-refractivity contribution is -0.155. The minimum absolute atomic E-state index is 0.426. The van der Waals surface area contributed by atoms with Crippen molar-refractivity contribution in [1.29, 1.82) is 0 Å². The SMILES string of the molecule is CC(C)CN(c1ccc(C2(OC=O)CCC2)cc1NC1CCCCC1)C1CCOCC1. The Labute approximate surface area is 187 Å². The fraction of sp³-hybridized carbons (Fsp3) is 0.731. The summed E-state index contributed by atoms with van der Waals surface area (Å²) in [7, 11) is 0. The molecule has 2 aliphatic carbocycles. The topological polar surface area (TPSA) is 50.8 Å². The maximum atomic E-state index is 11.2. The average molecular weight is 429 g/mol. The van der Waals surface area contributed by atoms with Gasteiger partial charge in [-0.25, -0.2) is 0 Å². The number of carbonyl (C=O) groups excluding carboxylic acids is 1. The number of nitrogens with zero attached hydrogens (tertiary/aromatic N) is 1. The highest BCUT2D eigenvalue weighted by atomic mass is 16.5. The van der Waals surface area contributed by atoms with Crippen LogP contribution < -0.4 is 10.2 Å². The zero-order valence-corrected chi connectivity index (χ0v) is 19.4. The van der Waals surface area contributed by atoms with E-state index in [4.69, 9.17) is 9.47 Å². The fourth-order valence-electron chi connectivity index (χ4n) is 5.55. The van der Waals surface area contributed by atoms with Crippen LogP contribution in [0.1, 0.15) is 83.6 Å².